The van der Waals surface area contributed by atoms with E-state index in [1.54, 1.807) is 4.90 Å². The van der Waals surface area contributed by atoms with Crippen molar-refractivity contribution in [3.8, 4) is 0 Å². The SMILES string of the molecule is CCOC(=O)N1CCC(NC(=NC)NCCCN2CCCC2)CC1. The number of nitrogens with one attached hydrogen (secondary N) is 2. The Morgan fingerprint density at radius 1 is 1.21 bits per heavy atom. The molecule has 0 spiro atoms. The van der Waals surface area contributed by atoms with Gasteiger partial charge in [-0.05, 0) is 58.7 Å². The van der Waals surface area contributed by atoms with Crippen LogP contribution in [-0.4, -0.2) is 80.8 Å². The molecule has 2 fully saturated rings. The zero-order chi connectivity index (χ0) is 17.2. The molecule has 2 aliphatic heterocycles. The van der Waals surface area contributed by atoms with Crippen LogP contribution >= 0.6 is 0 Å². The van der Waals surface area contributed by atoms with E-state index in [9.17, 15) is 4.79 Å². The lowest BCUT2D eigenvalue weighted by Gasteiger charge is -2.32. The number of ether oxygens (including phenoxy) is 1. The minimum atomic E-state index is -0.194. The van der Waals surface area contributed by atoms with Gasteiger partial charge >= 0.3 is 6.09 Å². The first-order valence-corrected chi connectivity index (χ1v) is 9.34. The molecule has 7 nitrogen and oxygen atoms in total. The smallest absolute Gasteiger partial charge is 0.409 e. The fraction of sp³-hybridized carbons (Fsp3) is 0.882. The van der Waals surface area contributed by atoms with Gasteiger partial charge in [-0.25, -0.2) is 4.79 Å². The fourth-order valence-electron chi connectivity index (χ4n) is 3.32. The van der Waals surface area contributed by atoms with Crippen molar-refractivity contribution in [3.63, 3.8) is 0 Å². The summed E-state index contributed by atoms with van der Waals surface area (Å²) in [6.07, 6.45) is 5.49. The van der Waals surface area contributed by atoms with Crippen molar-refractivity contribution in [1.82, 2.24) is 20.4 Å². The molecule has 7 heteroatoms. The number of rotatable bonds is 6. The van der Waals surface area contributed by atoms with Crippen LogP contribution in [0, 0.1) is 0 Å². The van der Waals surface area contributed by atoms with E-state index < -0.39 is 0 Å². The summed E-state index contributed by atoms with van der Waals surface area (Å²) in [5.74, 6) is 0.867. The zero-order valence-electron chi connectivity index (χ0n) is 15.2. The summed E-state index contributed by atoms with van der Waals surface area (Å²) in [5.41, 5.74) is 0. The van der Waals surface area contributed by atoms with E-state index in [1.165, 1.54) is 32.5 Å². The third kappa shape index (κ3) is 6.19. The first kappa shape index (κ1) is 18.8. The van der Waals surface area contributed by atoms with Crippen molar-refractivity contribution in [1.29, 1.82) is 0 Å². The highest BCUT2D eigenvalue weighted by Crippen LogP contribution is 2.11. The number of likely N-dealkylation sites (tertiary alicyclic amines) is 2. The third-order valence-corrected chi connectivity index (χ3v) is 4.73. The molecule has 0 aromatic heterocycles. The molecule has 0 aromatic rings. The second kappa shape index (κ2) is 10.4. The maximum Gasteiger partial charge on any atom is 0.409 e. The molecule has 0 aliphatic carbocycles. The van der Waals surface area contributed by atoms with Crippen LogP contribution in [-0.2, 0) is 4.74 Å². The van der Waals surface area contributed by atoms with E-state index in [4.69, 9.17) is 4.74 Å². The molecule has 0 radical (unpaired) electrons. The standard InChI is InChI=1S/C17H33N5O2/c1-3-24-17(23)22-13-7-15(8-14-22)20-16(18-2)19-9-6-12-21-10-4-5-11-21/h15H,3-14H2,1-2H3,(H2,18,19,20). The van der Waals surface area contributed by atoms with Gasteiger partial charge < -0.3 is 25.2 Å². The van der Waals surface area contributed by atoms with E-state index in [1.807, 2.05) is 14.0 Å². The zero-order valence-corrected chi connectivity index (χ0v) is 15.2. The molecule has 2 rings (SSSR count). The maximum atomic E-state index is 11.7. The predicted molar refractivity (Wildman–Crippen MR) is 96.4 cm³/mol. The second-order valence-corrected chi connectivity index (χ2v) is 6.51. The van der Waals surface area contributed by atoms with Crippen LogP contribution in [0.2, 0.25) is 0 Å². The van der Waals surface area contributed by atoms with Crippen molar-refractivity contribution < 1.29 is 9.53 Å². The molecular formula is C17H33N5O2. The van der Waals surface area contributed by atoms with Gasteiger partial charge in [0.15, 0.2) is 5.96 Å². The van der Waals surface area contributed by atoms with Crippen LogP contribution in [0.3, 0.4) is 0 Å². The minimum Gasteiger partial charge on any atom is -0.450 e. The number of piperidine rings is 1. The Morgan fingerprint density at radius 3 is 2.54 bits per heavy atom. The van der Waals surface area contributed by atoms with E-state index >= 15 is 0 Å². The Kier molecular flexibility index (Phi) is 8.15. The molecule has 0 unspecified atom stereocenters. The molecule has 1 amide bonds. The fourth-order valence-corrected chi connectivity index (χ4v) is 3.32. The summed E-state index contributed by atoms with van der Waals surface area (Å²) in [7, 11) is 1.81. The quantitative estimate of drug-likeness (QED) is 0.433. The minimum absolute atomic E-state index is 0.194. The summed E-state index contributed by atoms with van der Waals surface area (Å²) in [5, 5.41) is 6.87. The summed E-state index contributed by atoms with van der Waals surface area (Å²) in [6.45, 7) is 8.37. The van der Waals surface area contributed by atoms with Crippen LogP contribution < -0.4 is 10.6 Å². The summed E-state index contributed by atoms with van der Waals surface area (Å²) >= 11 is 0. The molecule has 0 saturated carbocycles. The molecule has 2 saturated heterocycles. The maximum absolute atomic E-state index is 11.7. The van der Waals surface area contributed by atoms with Crippen LogP contribution in [0.15, 0.2) is 4.99 Å². The lowest BCUT2D eigenvalue weighted by Crippen LogP contribution is -2.50. The molecule has 2 aliphatic rings. The summed E-state index contributed by atoms with van der Waals surface area (Å²) < 4.78 is 5.05. The topological polar surface area (TPSA) is 69.2 Å². The average molecular weight is 339 g/mol. The molecule has 0 bridgehead atoms. The lowest BCUT2D eigenvalue weighted by atomic mass is 10.1. The highest BCUT2D eigenvalue weighted by molar-refractivity contribution is 5.80. The molecule has 0 aromatic carbocycles. The number of hydrogen-bond donors (Lipinski definition) is 2. The highest BCUT2D eigenvalue weighted by atomic mass is 16.6. The van der Waals surface area contributed by atoms with Gasteiger partial charge in [-0.2, -0.15) is 0 Å². The van der Waals surface area contributed by atoms with Crippen LogP contribution in [0.5, 0.6) is 0 Å². The van der Waals surface area contributed by atoms with Crippen molar-refractivity contribution in [2.75, 3.05) is 52.9 Å². The van der Waals surface area contributed by atoms with Gasteiger partial charge in [0.2, 0.25) is 0 Å². The van der Waals surface area contributed by atoms with Crippen LogP contribution in [0.4, 0.5) is 4.79 Å². The Morgan fingerprint density at radius 2 is 1.92 bits per heavy atom. The van der Waals surface area contributed by atoms with Gasteiger partial charge in [0, 0.05) is 32.7 Å². The van der Waals surface area contributed by atoms with E-state index in [0.717, 1.165) is 44.9 Å². The van der Waals surface area contributed by atoms with Crippen LogP contribution in [0.25, 0.3) is 0 Å². The monoisotopic (exact) mass is 339 g/mol. The Hall–Kier alpha value is -1.50. The van der Waals surface area contributed by atoms with Gasteiger partial charge in [0.05, 0.1) is 6.61 Å². The van der Waals surface area contributed by atoms with Gasteiger partial charge in [0.25, 0.3) is 0 Å². The second-order valence-electron chi connectivity index (χ2n) is 6.51. The van der Waals surface area contributed by atoms with Gasteiger partial charge in [-0.3, -0.25) is 4.99 Å². The number of aliphatic imine (C=N–C) groups is 1. The van der Waals surface area contributed by atoms with Gasteiger partial charge in [0.1, 0.15) is 0 Å². The summed E-state index contributed by atoms with van der Waals surface area (Å²) in [6, 6.07) is 0.362. The molecule has 2 N–H and O–H groups in total. The Balaban J connectivity index is 1.60. The Bertz CT molecular complexity index is 402. The van der Waals surface area contributed by atoms with E-state index in [2.05, 4.69) is 20.5 Å². The number of carbonyl (C=O) groups excluding carboxylic acids is 1. The van der Waals surface area contributed by atoms with Gasteiger partial charge in [-0.15, -0.1) is 0 Å². The van der Waals surface area contributed by atoms with Crippen molar-refractivity contribution in [2.24, 2.45) is 4.99 Å². The molecule has 0 atom stereocenters. The Labute approximate surface area is 145 Å². The van der Waals surface area contributed by atoms with E-state index in [0.29, 0.717) is 12.6 Å². The van der Waals surface area contributed by atoms with Crippen LogP contribution in [0.1, 0.15) is 39.0 Å². The average Bonchev–Trinajstić information content (AvgIpc) is 3.12. The molecule has 24 heavy (non-hydrogen) atoms. The third-order valence-electron chi connectivity index (χ3n) is 4.73. The largest absolute Gasteiger partial charge is 0.450 e. The predicted octanol–water partition coefficient (Wildman–Crippen LogP) is 1.26. The van der Waals surface area contributed by atoms with Gasteiger partial charge in [-0.1, -0.05) is 0 Å². The number of guanidine groups is 1. The number of hydrogen-bond acceptors (Lipinski definition) is 4. The molecular weight excluding hydrogens is 306 g/mol. The first-order chi connectivity index (χ1) is 11.7. The number of amides is 1. The molecule has 2 heterocycles. The number of nitrogens with zero attached hydrogens (tertiary/aromatic N) is 3. The number of carbonyl (C=O) groups is 1. The lowest BCUT2D eigenvalue weighted by molar-refractivity contribution is 0.0963. The first-order valence-electron chi connectivity index (χ1n) is 9.34. The molecule has 138 valence electrons. The van der Waals surface area contributed by atoms with Crippen molar-refractivity contribution >= 4 is 12.1 Å². The normalized spacial score (nSPS) is 20.2. The van der Waals surface area contributed by atoms with Crippen molar-refractivity contribution in [2.45, 2.75) is 45.1 Å². The van der Waals surface area contributed by atoms with Crippen molar-refractivity contribution in [3.05, 3.63) is 0 Å². The highest BCUT2D eigenvalue weighted by Gasteiger charge is 2.24. The van der Waals surface area contributed by atoms with E-state index in [-0.39, 0.29) is 6.09 Å². The summed E-state index contributed by atoms with van der Waals surface area (Å²) in [4.78, 5) is 20.3.